The smallest absolute Gasteiger partial charge is 0.255 e. The highest BCUT2D eigenvalue weighted by atomic mass is 19.2. The number of aryl methyl sites for hydroxylation is 1. The van der Waals surface area contributed by atoms with E-state index in [1.165, 1.54) is 30.3 Å². The number of benzene rings is 3. The topological polar surface area (TPSA) is 17.1 Å². The van der Waals surface area contributed by atoms with E-state index in [1.54, 1.807) is 0 Å². The lowest BCUT2D eigenvalue weighted by Gasteiger charge is -2.04. The number of carbonyl (C=O) groups is 1. The maximum atomic E-state index is 13.0. The Balaban J connectivity index is 0.000000232. The van der Waals surface area contributed by atoms with Gasteiger partial charge in [0.25, 0.3) is 0 Å². The zero-order valence-corrected chi connectivity index (χ0v) is 15.6. The van der Waals surface area contributed by atoms with E-state index < -0.39 is 40.9 Å². The molecule has 0 radical (unpaired) electrons. The summed E-state index contributed by atoms with van der Waals surface area (Å²) >= 11 is 0. The molecule has 158 valence electrons. The summed E-state index contributed by atoms with van der Waals surface area (Å²) in [5.74, 6) is -7.73. The van der Waals surface area contributed by atoms with E-state index >= 15 is 0 Å². The Bertz CT molecular complexity index is 1020. The molecule has 3 aromatic rings. The summed E-state index contributed by atoms with van der Waals surface area (Å²) in [7, 11) is 0. The first-order chi connectivity index (χ1) is 14.1. The molecule has 0 saturated heterocycles. The van der Waals surface area contributed by atoms with Gasteiger partial charge in [0, 0.05) is 0 Å². The average Bonchev–Trinajstić information content (AvgIpc) is 2.72. The van der Waals surface area contributed by atoms with Crippen LogP contribution >= 0.6 is 0 Å². The lowest BCUT2D eigenvalue weighted by molar-refractivity contribution is 0.0836. The highest BCUT2D eigenvalue weighted by Gasteiger charge is 2.13. The Labute approximate surface area is 167 Å². The summed E-state index contributed by atoms with van der Waals surface area (Å²) in [5.41, 5.74) is 0.514. The molecule has 0 aliphatic carbocycles. The number of rotatable bonds is 4. The first-order valence-corrected chi connectivity index (χ1v) is 8.72. The molecule has 0 aliphatic rings. The summed E-state index contributed by atoms with van der Waals surface area (Å²) < 4.78 is 88.9. The SMILES string of the molecule is CCCc1ccc(F)c(F)c1F.O=C(F)c1ccc(-c2cc(F)c(F)c(F)c2)cc1. The third-order valence-electron chi connectivity index (χ3n) is 4.06. The van der Waals surface area contributed by atoms with Crippen molar-refractivity contribution in [2.75, 3.05) is 0 Å². The molecule has 0 spiro atoms. The largest absolute Gasteiger partial charge is 0.332 e. The Hall–Kier alpha value is -3.16. The van der Waals surface area contributed by atoms with Crippen LogP contribution in [-0.4, -0.2) is 6.04 Å². The van der Waals surface area contributed by atoms with Crippen LogP contribution in [-0.2, 0) is 6.42 Å². The molecule has 1 nitrogen and oxygen atoms in total. The fourth-order valence-electron chi connectivity index (χ4n) is 2.54. The molecular weight excluding hydrogens is 413 g/mol. The van der Waals surface area contributed by atoms with Crippen molar-refractivity contribution in [3.63, 3.8) is 0 Å². The first kappa shape index (κ1) is 23.1. The molecule has 0 unspecified atom stereocenters. The van der Waals surface area contributed by atoms with Crippen molar-refractivity contribution in [3.05, 3.63) is 94.6 Å². The summed E-state index contributed by atoms with van der Waals surface area (Å²) in [6.45, 7) is 1.85. The molecule has 0 saturated carbocycles. The van der Waals surface area contributed by atoms with Crippen LogP contribution in [0, 0.1) is 34.9 Å². The second-order valence-corrected chi connectivity index (χ2v) is 6.19. The average molecular weight is 428 g/mol. The van der Waals surface area contributed by atoms with Crippen LogP contribution in [0.15, 0.2) is 48.5 Å². The summed E-state index contributed by atoms with van der Waals surface area (Å²) in [6, 6.07) is 7.26. The molecule has 0 atom stereocenters. The highest BCUT2D eigenvalue weighted by molar-refractivity contribution is 5.89. The van der Waals surface area contributed by atoms with Gasteiger partial charge in [0.1, 0.15) is 0 Å². The van der Waals surface area contributed by atoms with E-state index in [0.29, 0.717) is 18.4 Å². The lowest BCUT2D eigenvalue weighted by Crippen LogP contribution is -1.96. The quantitative estimate of drug-likeness (QED) is 0.250. The maximum absolute atomic E-state index is 13.0. The zero-order valence-electron chi connectivity index (χ0n) is 15.6. The molecule has 0 amide bonds. The third-order valence-corrected chi connectivity index (χ3v) is 4.06. The molecule has 0 aromatic heterocycles. The van der Waals surface area contributed by atoms with Crippen LogP contribution in [0.1, 0.15) is 29.3 Å². The van der Waals surface area contributed by atoms with Gasteiger partial charge < -0.3 is 0 Å². The van der Waals surface area contributed by atoms with Crippen molar-refractivity contribution in [3.8, 4) is 11.1 Å². The second-order valence-electron chi connectivity index (χ2n) is 6.19. The van der Waals surface area contributed by atoms with Crippen molar-refractivity contribution in [1.29, 1.82) is 0 Å². The van der Waals surface area contributed by atoms with Gasteiger partial charge in [0.05, 0.1) is 5.56 Å². The van der Waals surface area contributed by atoms with E-state index in [-0.39, 0.29) is 16.7 Å². The van der Waals surface area contributed by atoms with E-state index in [0.717, 1.165) is 18.2 Å². The molecular formula is C22H15F7O. The Morgan fingerprint density at radius 1 is 0.700 bits per heavy atom. The van der Waals surface area contributed by atoms with Crippen molar-refractivity contribution in [1.82, 2.24) is 0 Å². The van der Waals surface area contributed by atoms with E-state index in [2.05, 4.69) is 0 Å². The van der Waals surface area contributed by atoms with Crippen molar-refractivity contribution in [2.45, 2.75) is 19.8 Å². The van der Waals surface area contributed by atoms with E-state index in [4.69, 9.17) is 0 Å². The summed E-state index contributed by atoms with van der Waals surface area (Å²) in [5, 5.41) is 0. The molecule has 0 aliphatic heterocycles. The van der Waals surface area contributed by atoms with Gasteiger partial charge in [0.15, 0.2) is 34.9 Å². The fraction of sp³-hybridized carbons (Fsp3) is 0.136. The number of halogens is 7. The fourth-order valence-corrected chi connectivity index (χ4v) is 2.54. The van der Waals surface area contributed by atoms with Gasteiger partial charge >= 0.3 is 6.04 Å². The lowest BCUT2D eigenvalue weighted by atomic mass is 10.0. The van der Waals surface area contributed by atoms with E-state index in [1.807, 2.05) is 6.92 Å². The van der Waals surface area contributed by atoms with E-state index in [9.17, 15) is 35.5 Å². The molecule has 0 fully saturated rings. The van der Waals surface area contributed by atoms with Gasteiger partial charge in [-0.15, -0.1) is 0 Å². The Kier molecular flexibility index (Phi) is 7.74. The maximum Gasteiger partial charge on any atom is 0.332 e. The molecule has 3 aromatic carbocycles. The van der Waals surface area contributed by atoms with Crippen LogP contribution in [0.2, 0.25) is 0 Å². The van der Waals surface area contributed by atoms with Gasteiger partial charge in [0.2, 0.25) is 0 Å². The second kappa shape index (κ2) is 10.0. The van der Waals surface area contributed by atoms with Crippen LogP contribution < -0.4 is 0 Å². The minimum Gasteiger partial charge on any atom is -0.255 e. The minimum atomic E-state index is -1.60. The highest BCUT2D eigenvalue weighted by Crippen LogP contribution is 2.24. The van der Waals surface area contributed by atoms with Crippen LogP contribution in [0.4, 0.5) is 30.7 Å². The predicted octanol–water partition coefficient (Wildman–Crippen LogP) is 6.94. The minimum absolute atomic E-state index is 0.101. The van der Waals surface area contributed by atoms with Gasteiger partial charge in [-0.1, -0.05) is 31.5 Å². The Morgan fingerprint density at radius 2 is 1.27 bits per heavy atom. The molecule has 0 heterocycles. The van der Waals surface area contributed by atoms with Crippen molar-refractivity contribution < 1.29 is 35.5 Å². The van der Waals surface area contributed by atoms with Crippen LogP contribution in [0.5, 0.6) is 0 Å². The molecule has 8 heteroatoms. The number of hydrogen-bond acceptors (Lipinski definition) is 1. The molecule has 3 rings (SSSR count). The number of hydrogen-bond donors (Lipinski definition) is 0. The third kappa shape index (κ3) is 5.46. The summed E-state index contributed by atoms with van der Waals surface area (Å²) in [4.78, 5) is 10.4. The predicted molar refractivity (Wildman–Crippen MR) is 97.5 cm³/mol. The number of carbonyl (C=O) groups excluding carboxylic acids is 1. The van der Waals surface area contributed by atoms with Crippen molar-refractivity contribution >= 4 is 6.04 Å². The Morgan fingerprint density at radius 3 is 1.77 bits per heavy atom. The normalized spacial score (nSPS) is 10.4. The van der Waals surface area contributed by atoms with Gasteiger partial charge in [-0.25, -0.2) is 26.3 Å². The molecule has 30 heavy (non-hydrogen) atoms. The van der Waals surface area contributed by atoms with Gasteiger partial charge in [-0.2, -0.15) is 4.39 Å². The molecule has 0 N–H and O–H groups in total. The van der Waals surface area contributed by atoms with Gasteiger partial charge in [-0.3, -0.25) is 4.79 Å². The molecule has 0 bridgehead atoms. The van der Waals surface area contributed by atoms with Crippen molar-refractivity contribution in [2.24, 2.45) is 0 Å². The summed E-state index contributed by atoms with van der Waals surface area (Å²) in [6.07, 6.45) is 1.14. The monoisotopic (exact) mass is 428 g/mol. The van der Waals surface area contributed by atoms with Crippen LogP contribution in [0.3, 0.4) is 0 Å². The first-order valence-electron chi connectivity index (χ1n) is 8.72. The van der Waals surface area contributed by atoms with Gasteiger partial charge in [-0.05, 0) is 53.4 Å². The zero-order chi connectivity index (χ0) is 22.4. The standard InChI is InChI=1S/C13H6F4O.C9H9F3/c14-10-5-9(6-11(15)12(10)16)7-1-3-8(4-2-7)13(17)18;1-2-3-6-4-5-7(10)9(12)8(6)11/h1-6H;4-5H,2-3H2,1H3. The van der Waals surface area contributed by atoms with Crippen LogP contribution in [0.25, 0.3) is 11.1 Å².